The van der Waals surface area contributed by atoms with Crippen LogP contribution in [0.1, 0.15) is 111 Å². The molecule has 2 N–H and O–H groups in total. The molecule has 1 aromatic rings. The number of carboxylic acid groups (broad SMARTS) is 1. The number of aromatic nitrogens is 1. The van der Waals surface area contributed by atoms with E-state index in [4.69, 9.17) is 9.84 Å². The minimum absolute atomic E-state index is 0.0599. The van der Waals surface area contributed by atoms with Crippen molar-refractivity contribution in [3.05, 3.63) is 28.2 Å². The van der Waals surface area contributed by atoms with Gasteiger partial charge < -0.3 is 15.2 Å². The molecular weight excluding hydrogens is 436 g/mol. The van der Waals surface area contributed by atoms with Crippen LogP contribution in [0.15, 0.2) is 17.5 Å². The van der Waals surface area contributed by atoms with Crippen LogP contribution in [-0.2, 0) is 9.53 Å². The number of amides is 1. The molecule has 6 nitrogen and oxygen atoms in total. The summed E-state index contributed by atoms with van der Waals surface area (Å²) in [4.78, 5) is 27.9. The van der Waals surface area contributed by atoms with Gasteiger partial charge in [-0.25, -0.2) is 4.98 Å². The molecule has 0 spiro atoms. The molecule has 182 valence electrons. The number of nitrogens with zero attached hydrogens (tertiary/aromatic N) is 1. The highest BCUT2D eigenvalue weighted by molar-refractivity contribution is 7.10. The van der Waals surface area contributed by atoms with E-state index in [2.05, 4.69) is 16.4 Å². The number of rotatable bonds is 12. The molecule has 1 aromatic heterocycles. The molecule has 3 heterocycles. The van der Waals surface area contributed by atoms with Gasteiger partial charge in [-0.3, -0.25) is 9.59 Å². The number of hydrogen-bond acceptors (Lipinski definition) is 5. The van der Waals surface area contributed by atoms with E-state index in [0.717, 1.165) is 49.6 Å². The minimum atomic E-state index is -0.765. The maximum Gasteiger partial charge on any atom is 0.303 e. The maximum absolute atomic E-state index is 12.6. The summed E-state index contributed by atoms with van der Waals surface area (Å²) in [6, 6.07) is 0. The summed E-state index contributed by atoms with van der Waals surface area (Å²) in [6.07, 6.45) is 19.3. The van der Waals surface area contributed by atoms with Crippen molar-refractivity contribution in [2.24, 2.45) is 5.92 Å². The van der Waals surface area contributed by atoms with Crippen molar-refractivity contribution >= 4 is 23.2 Å². The van der Waals surface area contributed by atoms with Crippen LogP contribution in [-0.4, -0.2) is 40.2 Å². The number of unbranched alkanes of at least 4 members (excludes halogenated alkanes) is 1. The van der Waals surface area contributed by atoms with E-state index in [1.54, 1.807) is 11.3 Å². The molecule has 1 amide bonds. The number of aliphatic carboxylic acids is 1. The van der Waals surface area contributed by atoms with E-state index in [9.17, 15) is 9.59 Å². The number of hydrogen-bond donors (Lipinski definition) is 2. The average molecular weight is 475 g/mol. The van der Waals surface area contributed by atoms with Gasteiger partial charge in [-0.2, -0.15) is 0 Å². The Bertz CT molecular complexity index is 832. The van der Waals surface area contributed by atoms with Gasteiger partial charge in [0.15, 0.2) is 0 Å². The molecule has 0 aromatic carbocycles. The molecule has 4 rings (SSSR count). The number of nitrogens with one attached hydrogen (secondary N) is 1. The highest BCUT2D eigenvalue weighted by Crippen LogP contribution is 2.53. The third-order valence-electron chi connectivity index (χ3n) is 7.63. The van der Waals surface area contributed by atoms with E-state index in [0.29, 0.717) is 12.1 Å². The van der Waals surface area contributed by atoms with Gasteiger partial charge in [-0.05, 0) is 44.4 Å². The molecule has 3 fully saturated rings. The van der Waals surface area contributed by atoms with Gasteiger partial charge >= 0.3 is 5.97 Å². The Labute approximate surface area is 201 Å². The number of carbonyl (C=O) groups excluding carboxylic acids is 1. The highest BCUT2D eigenvalue weighted by atomic mass is 32.1. The lowest BCUT2D eigenvalue weighted by atomic mass is 9.79. The van der Waals surface area contributed by atoms with Gasteiger partial charge in [0.05, 0.1) is 16.7 Å². The largest absolute Gasteiger partial charge is 0.481 e. The fraction of sp³-hybridized carbons (Fsp3) is 0.731. The van der Waals surface area contributed by atoms with Crippen LogP contribution in [0.5, 0.6) is 0 Å². The van der Waals surface area contributed by atoms with Crippen molar-refractivity contribution in [3.63, 3.8) is 0 Å². The Morgan fingerprint density at radius 3 is 2.88 bits per heavy atom. The standard InChI is InChI=1S/C26H38N2O4S/c29-23(30)12-5-2-7-14-26-15-13-22(32-26)20(17-26)25-28-21(18-33-25)24(31)27-16-8-6-11-19-9-3-1-4-10-19/h2,7,18-20,22H,1,3-6,8-17H2,(H,27,31)(H,29,30)/t20-,22+,26-/m0/s1. The first-order chi connectivity index (χ1) is 16.0. The van der Waals surface area contributed by atoms with Crippen molar-refractivity contribution in [2.75, 3.05) is 6.54 Å². The van der Waals surface area contributed by atoms with E-state index in [1.165, 1.54) is 44.9 Å². The van der Waals surface area contributed by atoms with Crippen LogP contribution in [0.3, 0.4) is 0 Å². The molecule has 2 bridgehead atoms. The van der Waals surface area contributed by atoms with Gasteiger partial charge in [-0.15, -0.1) is 11.3 Å². The number of fused-ring (bicyclic) bond motifs is 2. The fourth-order valence-corrected chi connectivity index (χ4v) is 6.75. The van der Waals surface area contributed by atoms with E-state index < -0.39 is 5.97 Å². The first-order valence-corrected chi connectivity index (χ1v) is 13.7. The second-order valence-corrected chi connectivity index (χ2v) is 11.0. The Morgan fingerprint density at radius 2 is 2.06 bits per heavy atom. The van der Waals surface area contributed by atoms with E-state index >= 15 is 0 Å². The quantitative estimate of drug-likeness (QED) is 0.293. The van der Waals surface area contributed by atoms with Crippen molar-refractivity contribution in [2.45, 2.75) is 108 Å². The molecule has 3 atom stereocenters. The molecule has 0 radical (unpaired) electrons. The van der Waals surface area contributed by atoms with Crippen LogP contribution in [0.2, 0.25) is 0 Å². The normalized spacial score (nSPS) is 27.4. The number of carbonyl (C=O) groups is 2. The minimum Gasteiger partial charge on any atom is -0.481 e. The Hall–Kier alpha value is -1.73. The lowest BCUT2D eigenvalue weighted by molar-refractivity contribution is -0.136. The zero-order valence-electron chi connectivity index (χ0n) is 19.6. The Kier molecular flexibility index (Phi) is 8.58. The number of thiazole rings is 1. The van der Waals surface area contributed by atoms with Crippen LogP contribution >= 0.6 is 11.3 Å². The summed E-state index contributed by atoms with van der Waals surface area (Å²) >= 11 is 1.58. The monoisotopic (exact) mass is 474 g/mol. The van der Waals surface area contributed by atoms with E-state index in [-0.39, 0.29) is 30.0 Å². The van der Waals surface area contributed by atoms with Crippen LogP contribution in [0, 0.1) is 5.92 Å². The second kappa shape index (κ2) is 11.6. The van der Waals surface area contributed by atoms with Crippen LogP contribution < -0.4 is 5.32 Å². The topological polar surface area (TPSA) is 88.5 Å². The SMILES string of the molecule is O=C(O)CCC=CC[C@@]12CC[C@@H](O1)[C@@H](c1nc(C(=O)NCCCCC3CCCCC3)cs1)C2. The Balaban J connectivity index is 1.19. The number of ether oxygens (including phenoxy) is 1. The first-order valence-electron chi connectivity index (χ1n) is 12.8. The highest BCUT2D eigenvalue weighted by Gasteiger charge is 2.52. The molecule has 2 saturated heterocycles. The van der Waals surface area contributed by atoms with Crippen molar-refractivity contribution in [1.82, 2.24) is 10.3 Å². The lowest BCUT2D eigenvalue weighted by Crippen LogP contribution is -2.26. The molecular formula is C26H38N2O4S. The van der Waals surface area contributed by atoms with Gasteiger partial charge in [-0.1, -0.05) is 57.1 Å². The van der Waals surface area contributed by atoms with Gasteiger partial charge in [0, 0.05) is 24.3 Å². The fourth-order valence-electron chi connectivity index (χ4n) is 5.80. The van der Waals surface area contributed by atoms with E-state index in [1.807, 2.05) is 11.5 Å². The summed E-state index contributed by atoms with van der Waals surface area (Å²) in [5.74, 6) is 0.338. The van der Waals surface area contributed by atoms with Crippen molar-refractivity contribution < 1.29 is 19.4 Å². The zero-order chi connectivity index (χ0) is 23.1. The summed E-state index contributed by atoms with van der Waals surface area (Å²) in [6.45, 7) is 0.727. The van der Waals surface area contributed by atoms with Crippen LogP contribution in [0.4, 0.5) is 0 Å². The molecule has 33 heavy (non-hydrogen) atoms. The smallest absolute Gasteiger partial charge is 0.303 e. The lowest BCUT2D eigenvalue weighted by Gasteiger charge is -2.24. The molecule has 7 heteroatoms. The summed E-state index contributed by atoms with van der Waals surface area (Å²) in [5.41, 5.74) is 0.384. The third-order valence-corrected chi connectivity index (χ3v) is 8.61. The first kappa shape index (κ1) is 24.4. The molecule has 0 unspecified atom stereocenters. The molecule has 1 aliphatic carbocycles. The summed E-state index contributed by atoms with van der Waals surface area (Å²) in [7, 11) is 0. The predicted octanol–water partition coefficient (Wildman–Crippen LogP) is 5.84. The maximum atomic E-state index is 12.6. The third kappa shape index (κ3) is 6.66. The number of allylic oxidation sites excluding steroid dienone is 1. The zero-order valence-corrected chi connectivity index (χ0v) is 20.4. The average Bonchev–Trinajstić information content (AvgIpc) is 3.54. The number of carboxylic acids is 1. The molecule has 1 saturated carbocycles. The molecule has 2 aliphatic heterocycles. The van der Waals surface area contributed by atoms with Gasteiger partial charge in [0.2, 0.25) is 0 Å². The van der Waals surface area contributed by atoms with Crippen molar-refractivity contribution in [1.29, 1.82) is 0 Å². The second-order valence-electron chi connectivity index (χ2n) is 10.1. The molecule has 3 aliphatic rings. The summed E-state index contributed by atoms with van der Waals surface area (Å²) in [5, 5.41) is 14.7. The summed E-state index contributed by atoms with van der Waals surface area (Å²) < 4.78 is 6.36. The van der Waals surface area contributed by atoms with Gasteiger partial charge in [0.25, 0.3) is 5.91 Å². The van der Waals surface area contributed by atoms with Crippen molar-refractivity contribution in [3.8, 4) is 0 Å². The van der Waals surface area contributed by atoms with Gasteiger partial charge in [0.1, 0.15) is 5.69 Å². The Morgan fingerprint density at radius 1 is 1.21 bits per heavy atom. The van der Waals surface area contributed by atoms with Crippen LogP contribution in [0.25, 0.3) is 0 Å². The predicted molar refractivity (Wildman–Crippen MR) is 130 cm³/mol.